The lowest BCUT2D eigenvalue weighted by Gasteiger charge is -2.15. The lowest BCUT2D eigenvalue weighted by molar-refractivity contribution is 0.174. The summed E-state index contributed by atoms with van der Waals surface area (Å²) < 4.78 is 19.5. The molecule has 0 aliphatic carbocycles. The molecule has 0 saturated heterocycles. The highest BCUT2D eigenvalue weighted by atomic mass is 35.5. The Bertz CT molecular complexity index is 829. The molecule has 0 radical (unpaired) electrons. The topological polar surface area (TPSA) is 41.5 Å². The third-order valence-electron chi connectivity index (χ3n) is 4.15. The predicted octanol–water partition coefficient (Wildman–Crippen LogP) is 4.65. The second kappa shape index (κ2) is 10.7. The van der Waals surface area contributed by atoms with E-state index in [0.717, 1.165) is 11.1 Å². The summed E-state index contributed by atoms with van der Waals surface area (Å²) in [5, 5.41) is 13.5. The van der Waals surface area contributed by atoms with Crippen molar-refractivity contribution >= 4 is 12.4 Å². The van der Waals surface area contributed by atoms with Crippen molar-refractivity contribution in [1.82, 2.24) is 5.32 Å². The molecule has 27 heavy (non-hydrogen) atoms. The van der Waals surface area contributed by atoms with Crippen LogP contribution in [0.4, 0.5) is 4.39 Å². The van der Waals surface area contributed by atoms with E-state index in [0.29, 0.717) is 24.4 Å². The molecule has 0 amide bonds. The highest BCUT2D eigenvalue weighted by Gasteiger charge is 2.09. The van der Waals surface area contributed by atoms with Crippen molar-refractivity contribution < 1.29 is 14.2 Å². The number of hydrogen-bond donors (Lipinski definition) is 2. The molecular weight excluding hydrogens is 365 g/mol. The van der Waals surface area contributed by atoms with E-state index < -0.39 is 6.10 Å². The fraction of sp³-hybridized carbons (Fsp3) is 0.182. The van der Waals surface area contributed by atoms with Crippen LogP contribution in [0.2, 0.25) is 0 Å². The largest absolute Gasteiger partial charge is 0.488 e. The SMILES string of the molecule is Cl.OC(CNCc1ccccc1OCc1ccccc1F)c1ccccc1. The Hall–Kier alpha value is -2.40. The molecule has 1 unspecified atom stereocenters. The third kappa shape index (κ3) is 6.07. The Labute approximate surface area is 165 Å². The van der Waals surface area contributed by atoms with Gasteiger partial charge in [0.1, 0.15) is 18.2 Å². The summed E-state index contributed by atoms with van der Waals surface area (Å²) in [5.74, 6) is 0.437. The maximum atomic E-state index is 13.7. The normalized spacial score (nSPS) is 11.5. The van der Waals surface area contributed by atoms with Crippen LogP contribution in [0.25, 0.3) is 0 Å². The molecule has 3 aromatic rings. The number of halogens is 2. The summed E-state index contributed by atoms with van der Waals surface area (Å²) in [6, 6.07) is 23.8. The van der Waals surface area contributed by atoms with E-state index in [4.69, 9.17) is 4.74 Å². The van der Waals surface area contributed by atoms with Crippen molar-refractivity contribution in [2.24, 2.45) is 0 Å². The van der Waals surface area contributed by atoms with Crippen LogP contribution in [-0.2, 0) is 13.2 Å². The predicted molar refractivity (Wildman–Crippen MR) is 108 cm³/mol. The quantitative estimate of drug-likeness (QED) is 0.591. The van der Waals surface area contributed by atoms with Gasteiger partial charge in [0.2, 0.25) is 0 Å². The van der Waals surface area contributed by atoms with Crippen LogP contribution >= 0.6 is 12.4 Å². The Morgan fingerprint density at radius 1 is 0.852 bits per heavy atom. The van der Waals surface area contributed by atoms with E-state index >= 15 is 0 Å². The molecule has 0 saturated carbocycles. The van der Waals surface area contributed by atoms with Gasteiger partial charge in [0.25, 0.3) is 0 Å². The second-order valence-corrected chi connectivity index (χ2v) is 6.05. The number of aliphatic hydroxyl groups excluding tert-OH is 1. The van der Waals surface area contributed by atoms with E-state index in [2.05, 4.69) is 5.32 Å². The fourth-order valence-corrected chi connectivity index (χ4v) is 2.70. The number of aliphatic hydroxyl groups is 1. The first-order valence-corrected chi connectivity index (χ1v) is 8.62. The van der Waals surface area contributed by atoms with E-state index in [1.807, 2.05) is 54.6 Å². The third-order valence-corrected chi connectivity index (χ3v) is 4.15. The zero-order valence-electron chi connectivity index (χ0n) is 14.8. The molecule has 0 spiro atoms. The van der Waals surface area contributed by atoms with Crippen LogP contribution in [0, 0.1) is 5.82 Å². The van der Waals surface area contributed by atoms with Gasteiger partial charge in [-0.2, -0.15) is 0 Å². The number of rotatable bonds is 8. The number of benzene rings is 3. The van der Waals surface area contributed by atoms with Crippen molar-refractivity contribution in [2.45, 2.75) is 19.3 Å². The monoisotopic (exact) mass is 387 g/mol. The standard InChI is InChI=1S/C22H22FNO2.ClH/c23-20-12-6-4-11-19(20)16-26-22-13-7-5-10-18(22)14-24-15-21(25)17-8-2-1-3-9-17;/h1-13,21,24-25H,14-16H2;1H. The van der Waals surface area contributed by atoms with Crippen LogP contribution in [0.1, 0.15) is 22.8 Å². The van der Waals surface area contributed by atoms with Gasteiger partial charge in [0.05, 0.1) is 6.10 Å². The van der Waals surface area contributed by atoms with Gasteiger partial charge in [-0.05, 0) is 17.7 Å². The highest BCUT2D eigenvalue weighted by Crippen LogP contribution is 2.20. The molecule has 0 aromatic heterocycles. The Morgan fingerprint density at radius 2 is 1.48 bits per heavy atom. The molecule has 2 N–H and O–H groups in total. The van der Waals surface area contributed by atoms with Gasteiger partial charge in [0, 0.05) is 24.2 Å². The first-order valence-electron chi connectivity index (χ1n) is 8.62. The molecule has 0 fully saturated rings. The molecule has 5 heteroatoms. The number of ether oxygens (including phenoxy) is 1. The molecule has 0 aliphatic heterocycles. The minimum absolute atomic E-state index is 0. The minimum atomic E-state index is -0.567. The van der Waals surface area contributed by atoms with Gasteiger partial charge < -0.3 is 15.2 Å². The van der Waals surface area contributed by atoms with Gasteiger partial charge in [-0.15, -0.1) is 12.4 Å². The van der Waals surface area contributed by atoms with Crippen LogP contribution in [-0.4, -0.2) is 11.7 Å². The first-order chi connectivity index (χ1) is 12.7. The van der Waals surface area contributed by atoms with Crippen LogP contribution in [0.5, 0.6) is 5.75 Å². The number of para-hydroxylation sites is 1. The summed E-state index contributed by atoms with van der Waals surface area (Å²) in [7, 11) is 0. The lowest BCUT2D eigenvalue weighted by Crippen LogP contribution is -2.21. The average molecular weight is 388 g/mol. The molecule has 0 heterocycles. The highest BCUT2D eigenvalue weighted by molar-refractivity contribution is 5.85. The van der Waals surface area contributed by atoms with E-state index in [-0.39, 0.29) is 24.8 Å². The number of hydrogen-bond acceptors (Lipinski definition) is 3. The van der Waals surface area contributed by atoms with Gasteiger partial charge in [0.15, 0.2) is 0 Å². The average Bonchev–Trinajstić information content (AvgIpc) is 2.69. The summed E-state index contributed by atoms with van der Waals surface area (Å²) in [6.07, 6.45) is -0.567. The maximum absolute atomic E-state index is 13.7. The summed E-state index contributed by atoms with van der Waals surface area (Å²) in [4.78, 5) is 0. The van der Waals surface area contributed by atoms with Crippen molar-refractivity contribution in [3.8, 4) is 5.75 Å². The summed E-state index contributed by atoms with van der Waals surface area (Å²) in [6.45, 7) is 1.17. The molecular formula is C22H23ClFNO2. The lowest BCUT2D eigenvalue weighted by atomic mass is 10.1. The van der Waals surface area contributed by atoms with Crippen molar-refractivity contribution in [3.05, 3.63) is 101 Å². The van der Waals surface area contributed by atoms with Crippen molar-refractivity contribution in [1.29, 1.82) is 0 Å². The zero-order valence-corrected chi connectivity index (χ0v) is 15.7. The van der Waals surface area contributed by atoms with Crippen molar-refractivity contribution in [2.75, 3.05) is 6.54 Å². The van der Waals surface area contributed by atoms with Gasteiger partial charge in [-0.1, -0.05) is 66.7 Å². The summed E-state index contributed by atoms with van der Waals surface area (Å²) >= 11 is 0. The molecule has 0 aliphatic rings. The van der Waals surface area contributed by atoms with Crippen molar-refractivity contribution in [3.63, 3.8) is 0 Å². The van der Waals surface area contributed by atoms with Crippen LogP contribution in [0.15, 0.2) is 78.9 Å². The van der Waals surface area contributed by atoms with Gasteiger partial charge in [-0.3, -0.25) is 0 Å². The molecule has 0 bridgehead atoms. The minimum Gasteiger partial charge on any atom is -0.488 e. The Balaban J connectivity index is 0.00000261. The second-order valence-electron chi connectivity index (χ2n) is 6.05. The molecule has 3 rings (SSSR count). The van der Waals surface area contributed by atoms with E-state index in [9.17, 15) is 9.50 Å². The molecule has 3 nitrogen and oxygen atoms in total. The molecule has 1 atom stereocenters. The van der Waals surface area contributed by atoms with E-state index in [1.165, 1.54) is 6.07 Å². The number of nitrogens with one attached hydrogen (secondary N) is 1. The molecule has 3 aromatic carbocycles. The smallest absolute Gasteiger partial charge is 0.129 e. The fourth-order valence-electron chi connectivity index (χ4n) is 2.70. The zero-order chi connectivity index (χ0) is 18.2. The van der Waals surface area contributed by atoms with E-state index in [1.54, 1.807) is 18.2 Å². The molecule has 142 valence electrons. The van der Waals surface area contributed by atoms with Crippen LogP contribution in [0.3, 0.4) is 0 Å². The van der Waals surface area contributed by atoms with Crippen LogP contribution < -0.4 is 10.1 Å². The Kier molecular flexibility index (Phi) is 8.27. The van der Waals surface area contributed by atoms with Gasteiger partial charge in [-0.25, -0.2) is 4.39 Å². The first kappa shape index (κ1) is 20.9. The summed E-state index contributed by atoms with van der Waals surface area (Å²) in [5.41, 5.74) is 2.36. The van der Waals surface area contributed by atoms with Gasteiger partial charge >= 0.3 is 0 Å². The Morgan fingerprint density at radius 3 is 2.22 bits per heavy atom. The maximum Gasteiger partial charge on any atom is 0.129 e.